The number of carbonyl (C=O) groups excluding carboxylic acids is 4. The highest BCUT2D eigenvalue weighted by Crippen LogP contribution is 2.55. The van der Waals surface area contributed by atoms with E-state index in [4.69, 9.17) is 42.1 Å². The van der Waals surface area contributed by atoms with E-state index in [0.717, 1.165) is 0 Å². The van der Waals surface area contributed by atoms with Crippen molar-refractivity contribution in [2.75, 3.05) is 38.6 Å². The summed E-state index contributed by atoms with van der Waals surface area (Å²) < 4.78 is 54.1. The summed E-state index contributed by atoms with van der Waals surface area (Å²) in [5, 5.41) is 6.43. The van der Waals surface area contributed by atoms with Crippen LogP contribution in [0.15, 0.2) is 54.6 Å². The van der Waals surface area contributed by atoms with Crippen molar-refractivity contribution < 1.29 is 46.9 Å². The molecule has 3 aromatic carbocycles. The molecule has 2 fully saturated rings. The molecule has 5 unspecified atom stereocenters. The molecule has 0 aliphatic carbocycles. The first-order chi connectivity index (χ1) is 28.1. The number of anilines is 1. The number of amides is 3. The van der Waals surface area contributed by atoms with Gasteiger partial charge < -0.3 is 39.4 Å². The SMILES string of the molecule is CCC1(c2ccc(Cl)cc2F)C(CC(C)(C)C)NC(C(=O)Nc2ccc(C(=O)OC(C)OC(=O)N3CCN(C(=O)OC(C)(C)C)CC3)cc2OC)C1c1cccc(Cl)c1F. The van der Waals surface area contributed by atoms with Crippen molar-refractivity contribution >= 4 is 53.0 Å². The molecule has 2 saturated heterocycles. The lowest BCUT2D eigenvalue weighted by Crippen LogP contribution is -2.52. The highest BCUT2D eigenvalue weighted by Gasteiger charge is 2.59. The first kappa shape index (κ1) is 46.4. The van der Waals surface area contributed by atoms with Gasteiger partial charge in [0, 0.05) is 55.5 Å². The van der Waals surface area contributed by atoms with Crippen LogP contribution >= 0.6 is 23.2 Å². The molecule has 5 rings (SSSR count). The van der Waals surface area contributed by atoms with Gasteiger partial charge in [-0.25, -0.2) is 23.2 Å². The summed E-state index contributed by atoms with van der Waals surface area (Å²) in [6.45, 7) is 15.6. The number of piperazine rings is 1. The van der Waals surface area contributed by atoms with E-state index in [9.17, 15) is 19.2 Å². The van der Waals surface area contributed by atoms with Gasteiger partial charge in [0.05, 0.1) is 29.4 Å². The van der Waals surface area contributed by atoms with E-state index in [1.54, 1.807) is 45.0 Å². The number of carbonyl (C=O) groups is 4. The predicted octanol–water partition coefficient (Wildman–Crippen LogP) is 9.32. The van der Waals surface area contributed by atoms with Crippen LogP contribution in [-0.4, -0.2) is 91.1 Å². The molecule has 0 bridgehead atoms. The molecule has 0 saturated carbocycles. The van der Waals surface area contributed by atoms with Crippen LogP contribution in [0.1, 0.15) is 95.6 Å². The fraction of sp³-hybridized carbons (Fsp3) is 0.500. The molecule has 2 N–H and O–H groups in total. The summed E-state index contributed by atoms with van der Waals surface area (Å²) in [6.07, 6.45) is -1.66. The fourth-order valence-electron chi connectivity index (χ4n) is 8.14. The quantitative estimate of drug-likeness (QED) is 0.151. The van der Waals surface area contributed by atoms with Crippen molar-refractivity contribution in [2.24, 2.45) is 5.41 Å². The summed E-state index contributed by atoms with van der Waals surface area (Å²) in [5.74, 6) is -3.55. The molecular formula is C44H54Cl2F2N4O8. The number of hydrogen-bond acceptors (Lipinski definition) is 9. The summed E-state index contributed by atoms with van der Waals surface area (Å²) in [7, 11) is 1.36. The summed E-state index contributed by atoms with van der Waals surface area (Å²) >= 11 is 12.6. The lowest BCUT2D eigenvalue weighted by molar-refractivity contribution is -0.118. The Morgan fingerprint density at radius 2 is 1.57 bits per heavy atom. The third-order valence-electron chi connectivity index (χ3n) is 10.7. The second kappa shape index (κ2) is 18.5. The summed E-state index contributed by atoms with van der Waals surface area (Å²) in [4.78, 5) is 56.0. The van der Waals surface area contributed by atoms with Crippen molar-refractivity contribution in [2.45, 2.75) is 104 Å². The van der Waals surface area contributed by atoms with E-state index in [-0.39, 0.29) is 69.8 Å². The van der Waals surface area contributed by atoms with Gasteiger partial charge >= 0.3 is 18.2 Å². The van der Waals surface area contributed by atoms with Crippen LogP contribution < -0.4 is 15.4 Å². The van der Waals surface area contributed by atoms with Crippen LogP contribution in [0.2, 0.25) is 10.0 Å². The van der Waals surface area contributed by atoms with Gasteiger partial charge in [-0.05, 0) is 86.6 Å². The number of rotatable bonds is 10. The number of halogens is 4. The predicted molar refractivity (Wildman–Crippen MR) is 225 cm³/mol. The number of benzene rings is 3. The lowest BCUT2D eigenvalue weighted by atomic mass is 9.60. The Hall–Kier alpha value is -4.66. The maximum atomic E-state index is 16.2. The van der Waals surface area contributed by atoms with Gasteiger partial charge in [-0.2, -0.15) is 0 Å². The normalized spacial score (nSPS) is 21.2. The fourth-order valence-corrected chi connectivity index (χ4v) is 8.48. The average molecular weight is 876 g/mol. The number of ether oxygens (including phenoxy) is 4. The van der Waals surface area contributed by atoms with E-state index in [1.165, 1.54) is 54.2 Å². The van der Waals surface area contributed by atoms with Crippen molar-refractivity contribution in [3.05, 3.63) is 93.0 Å². The Morgan fingerprint density at radius 1 is 0.917 bits per heavy atom. The van der Waals surface area contributed by atoms with Gasteiger partial charge in [-0.15, -0.1) is 0 Å². The molecular weight excluding hydrogens is 821 g/mol. The van der Waals surface area contributed by atoms with E-state index in [1.807, 2.05) is 27.7 Å². The molecule has 0 radical (unpaired) electrons. The number of esters is 1. The Balaban J connectivity index is 1.35. The highest BCUT2D eigenvalue weighted by molar-refractivity contribution is 6.31. The van der Waals surface area contributed by atoms with Gasteiger partial charge in [-0.1, -0.05) is 69.1 Å². The van der Waals surface area contributed by atoms with E-state index in [0.29, 0.717) is 12.8 Å². The minimum Gasteiger partial charge on any atom is -0.495 e. The van der Waals surface area contributed by atoms with E-state index >= 15 is 8.78 Å². The zero-order valence-corrected chi connectivity index (χ0v) is 36.9. The number of methoxy groups -OCH3 is 1. The van der Waals surface area contributed by atoms with Crippen molar-refractivity contribution in [1.82, 2.24) is 15.1 Å². The smallest absolute Gasteiger partial charge is 0.412 e. The second-order valence-electron chi connectivity index (χ2n) is 17.3. The topological polar surface area (TPSA) is 136 Å². The third kappa shape index (κ3) is 10.4. The maximum Gasteiger partial charge on any atom is 0.412 e. The largest absolute Gasteiger partial charge is 0.495 e. The average Bonchev–Trinajstić information content (AvgIpc) is 3.48. The van der Waals surface area contributed by atoms with Gasteiger partial charge in [0.25, 0.3) is 0 Å². The molecule has 60 heavy (non-hydrogen) atoms. The Morgan fingerprint density at radius 3 is 2.15 bits per heavy atom. The van der Waals surface area contributed by atoms with Crippen molar-refractivity contribution in [1.29, 1.82) is 0 Å². The first-order valence-electron chi connectivity index (χ1n) is 19.9. The van der Waals surface area contributed by atoms with Crippen molar-refractivity contribution in [3.63, 3.8) is 0 Å². The minimum atomic E-state index is -1.28. The van der Waals surface area contributed by atoms with Crippen LogP contribution in [0, 0.1) is 17.0 Å². The van der Waals surface area contributed by atoms with Crippen LogP contribution in [0.25, 0.3) is 0 Å². The highest BCUT2D eigenvalue weighted by atomic mass is 35.5. The summed E-state index contributed by atoms with van der Waals surface area (Å²) in [6, 6.07) is 11.6. The molecule has 3 aromatic rings. The molecule has 5 atom stereocenters. The van der Waals surface area contributed by atoms with Crippen molar-refractivity contribution in [3.8, 4) is 5.75 Å². The molecule has 12 nitrogen and oxygen atoms in total. The molecule has 2 aliphatic rings. The molecule has 16 heteroatoms. The monoisotopic (exact) mass is 874 g/mol. The third-order valence-corrected chi connectivity index (χ3v) is 11.3. The Bertz CT molecular complexity index is 2090. The molecule has 0 spiro atoms. The van der Waals surface area contributed by atoms with Gasteiger partial charge in [0.15, 0.2) is 0 Å². The Kier molecular flexibility index (Phi) is 14.3. The molecule has 3 amide bonds. The standard InChI is InChI=1S/C44H54Cl2F2N4O8/c1-10-44(29-16-15-27(45)23-31(29)47)34(24-42(3,4)5)50-37(35(44)28-12-11-13-30(46)36(28)48)38(53)49-32-17-14-26(22-33(32)57-9)39(54)58-25(2)59-40(55)51-18-20-52(21-19-51)41(56)60-43(6,7)8/h11-17,22-23,25,34-35,37,50H,10,18-21,24H2,1-9H3,(H,49,53). The number of hydrogen-bond donors (Lipinski definition) is 2. The van der Waals surface area contributed by atoms with Gasteiger partial charge in [-0.3, -0.25) is 4.79 Å². The van der Waals surface area contributed by atoms with Crippen LogP contribution in [0.3, 0.4) is 0 Å². The summed E-state index contributed by atoms with van der Waals surface area (Å²) in [5.41, 5.74) is -1.45. The lowest BCUT2D eigenvalue weighted by Gasteiger charge is -2.42. The number of nitrogens with one attached hydrogen (secondary N) is 2. The zero-order valence-electron chi connectivity index (χ0n) is 35.4. The van der Waals surface area contributed by atoms with Gasteiger partial charge in [0.1, 0.15) is 23.0 Å². The minimum absolute atomic E-state index is 0.0324. The van der Waals surface area contributed by atoms with Crippen LogP contribution in [0.4, 0.5) is 24.1 Å². The maximum absolute atomic E-state index is 16.2. The zero-order chi connectivity index (χ0) is 44.3. The first-order valence-corrected chi connectivity index (χ1v) is 20.6. The van der Waals surface area contributed by atoms with E-state index in [2.05, 4.69) is 10.6 Å². The molecule has 2 aliphatic heterocycles. The molecule has 2 heterocycles. The molecule has 0 aromatic heterocycles. The number of nitrogens with zero attached hydrogens (tertiary/aromatic N) is 2. The molecule has 326 valence electrons. The van der Waals surface area contributed by atoms with Gasteiger partial charge in [0.2, 0.25) is 12.2 Å². The van der Waals surface area contributed by atoms with Crippen LogP contribution in [0.5, 0.6) is 5.75 Å². The second-order valence-corrected chi connectivity index (χ2v) is 18.2. The van der Waals surface area contributed by atoms with E-state index < -0.39 is 71.0 Å². The van der Waals surface area contributed by atoms with Crippen LogP contribution in [-0.2, 0) is 24.4 Å². The Labute approximate surface area is 360 Å².